The maximum absolute atomic E-state index is 13.7. The predicted molar refractivity (Wildman–Crippen MR) is 105 cm³/mol. The largest absolute Gasteiger partial charge is 0.465 e. The second kappa shape index (κ2) is 10.0. The highest BCUT2D eigenvalue weighted by Gasteiger charge is 2.24. The number of anilines is 1. The molecule has 1 aliphatic rings. The molecule has 1 aliphatic heterocycles. The first-order valence-corrected chi connectivity index (χ1v) is 8.64. The van der Waals surface area contributed by atoms with Crippen molar-refractivity contribution in [1.82, 2.24) is 15.2 Å². The third-order valence-electron chi connectivity index (χ3n) is 4.30. The minimum absolute atomic E-state index is 0. The lowest BCUT2D eigenvalue weighted by Gasteiger charge is -2.33. The van der Waals surface area contributed by atoms with E-state index in [4.69, 9.17) is 0 Å². The van der Waals surface area contributed by atoms with Crippen molar-refractivity contribution in [2.24, 2.45) is 0 Å². The Balaban J connectivity index is 0.00000280. The van der Waals surface area contributed by atoms with Crippen molar-refractivity contribution in [3.8, 4) is 0 Å². The molecule has 9 heteroatoms. The molecule has 0 spiro atoms. The summed E-state index contributed by atoms with van der Waals surface area (Å²) in [4.78, 5) is 32.0. The number of urea groups is 1. The maximum atomic E-state index is 13.7. The number of halogens is 2. The minimum atomic E-state index is -0.479. The molecule has 2 aromatic rings. The second-order valence-corrected chi connectivity index (χ2v) is 6.12. The summed E-state index contributed by atoms with van der Waals surface area (Å²) in [6, 6.07) is 8.95. The van der Waals surface area contributed by atoms with Gasteiger partial charge in [0.2, 0.25) is 0 Å². The zero-order valence-electron chi connectivity index (χ0n) is 15.4. The number of pyridine rings is 1. The van der Waals surface area contributed by atoms with Gasteiger partial charge in [-0.05, 0) is 30.3 Å². The molecule has 1 aromatic heterocycles. The topological polar surface area (TPSA) is 74.8 Å². The SMILES string of the molecule is COC(=O)c1ccc(CN(C(=O)N2CCNCC2)c2cccc(F)c2)nc1.Cl. The lowest BCUT2D eigenvalue weighted by atomic mass is 10.2. The minimum Gasteiger partial charge on any atom is -0.465 e. The molecule has 1 N–H and O–H groups in total. The van der Waals surface area contributed by atoms with Gasteiger partial charge in [-0.3, -0.25) is 9.88 Å². The Morgan fingerprint density at radius 2 is 2.00 bits per heavy atom. The van der Waals surface area contributed by atoms with Gasteiger partial charge in [-0.25, -0.2) is 14.0 Å². The molecule has 0 unspecified atom stereocenters. The summed E-state index contributed by atoms with van der Waals surface area (Å²) >= 11 is 0. The van der Waals surface area contributed by atoms with Gasteiger partial charge < -0.3 is 15.0 Å². The molecule has 28 heavy (non-hydrogen) atoms. The van der Waals surface area contributed by atoms with Gasteiger partial charge in [0.15, 0.2) is 0 Å². The molecule has 0 atom stereocenters. The van der Waals surface area contributed by atoms with E-state index in [1.165, 1.54) is 30.3 Å². The van der Waals surface area contributed by atoms with E-state index in [0.717, 1.165) is 13.1 Å². The van der Waals surface area contributed by atoms with Crippen LogP contribution in [0.3, 0.4) is 0 Å². The van der Waals surface area contributed by atoms with E-state index in [1.807, 2.05) is 0 Å². The molecule has 1 aromatic carbocycles. The number of hydrogen-bond donors (Lipinski definition) is 1. The quantitative estimate of drug-likeness (QED) is 0.786. The van der Waals surface area contributed by atoms with Crippen molar-refractivity contribution in [3.63, 3.8) is 0 Å². The Morgan fingerprint density at radius 1 is 1.25 bits per heavy atom. The van der Waals surface area contributed by atoms with Gasteiger partial charge in [-0.2, -0.15) is 0 Å². The van der Waals surface area contributed by atoms with Crippen molar-refractivity contribution in [2.45, 2.75) is 6.54 Å². The average Bonchev–Trinajstić information content (AvgIpc) is 2.72. The van der Waals surface area contributed by atoms with Crippen LogP contribution >= 0.6 is 12.4 Å². The number of carbonyl (C=O) groups is 2. The van der Waals surface area contributed by atoms with Gasteiger partial charge in [0.25, 0.3) is 0 Å². The molecule has 2 heterocycles. The van der Waals surface area contributed by atoms with E-state index in [2.05, 4.69) is 15.0 Å². The van der Waals surface area contributed by atoms with Gasteiger partial charge >= 0.3 is 12.0 Å². The zero-order valence-corrected chi connectivity index (χ0v) is 16.2. The standard InChI is InChI=1S/C19H21FN4O3.ClH/c1-27-18(25)14-5-6-16(22-12-14)13-24(17-4-2-3-15(20)11-17)19(26)23-9-7-21-8-10-23;/h2-6,11-12,21H,7-10,13H2,1H3;1H. The number of ether oxygens (including phenoxy) is 1. The number of nitrogens with one attached hydrogen (secondary N) is 1. The van der Waals surface area contributed by atoms with Gasteiger partial charge in [0, 0.05) is 38.1 Å². The first-order valence-electron chi connectivity index (χ1n) is 8.64. The Morgan fingerprint density at radius 3 is 2.61 bits per heavy atom. The second-order valence-electron chi connectivity index (χ2n) is 6.12. The van der Waals surface area contributed by atoms with E-state index in [9.17, 15) is 14.0 Å². The molecular weight excluding hydrogens is 387 g/mol. The number of methoxy groups -OCH3 is 1. The molecule has 0 saturated carbocycles. The monoisotopic (exact) mass is 408 g/mol. The summed E-state index contributed by atoms with van der Waals surface area (Å²) in [5, 5.41) is 3.20. The Kier molecular flexibility index (Phi) is 7.71. The molecule has 0 aliphatic carbocycles. The Labute approximate surface area is 168 Å². The Hall–Kier alpha value is -2.71. The van der Waals surface area contributed by atoms with Crippen LogP contribution in [0.15, 0.2) is 42.6 Å². The summed E-state index contributed by atoms with van der Waals surface area (Å²) in [5.74, 6) is -0.896. The first kappa shape index (κ1) is 21.6. The van der Waals surface area contributed by atoms with E-state index in [1.54, 1.807) is 29.2 Å². The molecule has 3 rings (SSSR count). The number of aromatic nitrogens is 1. The molecule has 1 fully saturated rings. The van der Waals surface area contributed by atoms with Crippen LogP contribution in [0.5, 0.6) is 0 Å². The lowest BCUT2D eigenvalue weighted by Crippen LogP contribution is -2.51. The number of benzene rings is 1. The maximum Gasteiger partial charge on any atom is 0.339 e. The van der Waals surface area contributed by atoms with Crippen LogP contribution in [0, 0.1) is 5.82 Å². The number of esters is 1. The summed E-state index contributed by atoms with van der Waals surface area (Å²) in [6.45, 7) is 2.76. The highest BCUT2D eigenvalue weighted by molar-refractivity contribution is 5.92. The lowest BCUT2D eigenvalue weighted by molar-refractivity contribution is 0.0600. The van der Waals surface area contributed by atoms with Crippen LogP contribution in [0.1, 0.15) is 16.1 Å². The Bertz CT molecular complexity index is 813. The summed E-state index contributed by atoms with van der Waals surface area (Å²) < 4.78 is 18.4. The average molecular weight is 409 g/mol. The molecule has 1 saturated heterocycles. The van der Waals surface area contributed by atoms with Crippen LogP contribution < -0.4 is 10.2 Å². The van der Waals surface area contributed by atoms with Crippen molar-refractivity contribution >= 4 is 30.1 Å². The smallest absolute Gasteiger partial charge is 0.339 e. The molecule has 2 amide bonds. The van der Waals surface area contributed by atoms with E-state index >= 15 is 0 Å². The normalized spacial score (nSPS) is 13.4. The summed E-state index contributed by atoms with van der Waals surface area (Å²) in [7, 11) is 1.30. The molecule has 0 bridgehead atoms. The summed E-state index contributed by atoms with van der Waals surface area (Å²) in [5.41, 5.74) is 1.36. The molecule has 150 valence electrons. The highest BCUT2D eigenvalue weighted by Crippen LogP contribution is 2.20. The fraction of sp³-hybridized carbons (Fsp3) is 0.316. The van der Waals surface area contributed by atoms with Gasteiger partial charge in [-0.1, -0.05) is 6.07 Å². The number of piperazine rings is 1. The highest BCUT2D eigenvalue weighted by atomic mass is 35.5. The van der Waals surface area contributed by atoms with Crippen LogP contribution in [0.2, 0.25) is 0 Å². The predicted octanol–water partition coefficient (Wildman–Crippen LogP) is 2.46. The van der Waals surface area contributed by atoms with Crippen LogP contribution in [0.25, 0.3) is 0 Å². The fourth-order valence-corrected chi connectivity index (χ4v) is 2.86. The summed E-state index contributed by atoms with van der Waals surface area (Å²) in [6.07, 6.45) is 1.40. The number of carbonyl (C=O) groups excluding carboxylic acids is 2. The van der Waals surface area contributed by atoms with Crippen molar-refractivity contribution in [1.29, 1.82) is 0 Å². The fourth-order valence-electron chi connectivity index (χ4n) is 2.86. The van der Waals surface area contributed by atoms with E-state index in [0.29, 0.717) is 30.0 Å². The number of rotatable bonds is 4. The van der Waals surface area contributed by atoms with Crippen molar-refractivity contribution < 1.29 is 18.7 Å². The number of nitrogens with zero attached hydrogens (tertiary/aromatic N) is 3. The first-order chi connectivity index (χ1) is 13.1. The molecule has 0 radical (unpaired) electrons. The van der Waals surface area contributed by atoms with Crippen LogP contribution in [-0.4, -0.2) is 55.2 Å². The number of hydrogen-bond acceptors (Lipinski definition) is 5. The van der Waals surface area contributed by atoms with Gasteiger partial charge in [0.05, 0.1) is 24.9 Å². The van der Waals surface area contributed by atoms with Crippen LogP contribution in [-0.2, 0) is 11.3 Å². The molecular formula is C19H22ClFN4O3. The third-order valence-corrected chi connectivity index (χ3v) is 4.30. The van der Waals surface area contributed by atoms with Gasteiger partial charge in [0.1, 0.15) is 5.82 Å². The van der Waals surface area contributed by atoms with Gasteiger partial charge in [-0.15, -0.1) is 12.4 Å². The third kappa shape index (κ3) is 5.17. The van der Waals surface area contributed by atoms with Crippen LogP contribution in [0.4, 0.5) is 14.9 Å². The molecule has 7 nitrogen and oxygen atoms in total. The number of amides is 2. The van der Waals surface area contributed by atoms with E-state index < -0.39 is 11.8 Å². The van der Waals surface area contributed by atoms with E-state index in [-0.39, 0.29) is 25.0 Å². The van der Waals surface area contributed by atoms with Crippen molar-refractivity contribution in [3.05, 3.63) is 59.7 Å². The van der Waals surface area contributed by atoms with Crippen molar-refractivity contribution in [2.75, 3.05) is 38.2 Å². The zero-order chi connectivity index (χ0) is 19.2.